The van der Waals surface area contributed by atoms with Crippen molar-refractivity contribution in [2.75, 3.05) is 19.8 Å². The molecule has 0 spiro atoms. The second-order valence-corrected chi connectivity index (χ2v) is 4.90. The molecule has 0 aliphatic heterocycles. The predicted molar refractivity (Wildman–Crippen MR) is 82.7 cm³/mol. The minimum Gasteiger partial charge on any atom is -0.468 e. The quantitative estimate of drug-likeness (QED) is 0.712. The van der Waals surface area contributed by atoms with Crippen LogP contribution >= 0.6 is 0 Å². The Bertz CT molecular complexity index is 676. The van der Waals surface area contributed by atoms with E-state index in [9.17, 15) is 13.6 Å². The summed E-state index contributed by atoms with van der Waals surface area (Å²) in [5.74, 6) is -1.87. The maximum absolute atomic E-state index is 13.4. The average Bonchev–Trinajstić information content (AvgIpc) is 3.03. The van der Waals surface area contributed by atoms with Gasteiger partial charge in [-0.2, -0.15) is 5.10 Å². The lowest BCUT2D eigenvalue weighted by Gasteiger charge is -2.07. The number of rotatable bonds is 9. The number of ether oxygens (including phenoxy) is 2. The second kappa shape index (κ2) is 8.97. The molecule has 0 saturated heterocycles. The van der Waals surface area contributed by atoms with Gasteiger partial charge < -0.3 is 14.8 Å². The van der Waals surface area contributed by atoms with Gasteiger partial charge in [0, 0.05) is 32.0 Å². The molecule has 2 aromatic rings. The molecule has 130 valence electrons. The zero-order valence-corrected chi connectivity index (χ0v) is 13.3. The van der Waals surface area contributed by atoms with Crippen molar-refractivity contribution in [2.45, 2.75) is 20.1 Å². The van der Waals surface area contributed by atoms with Crippen LogP contribution in [0.3, 0.4) is 0 Å². The fourth-order valence-electron chi connectivity index (χ4n) is 1.89. The Kier molecular flexibility index (Phi) is 6.68. The molecule has 0 bridgehead atoms. The Labute approximate surface area is 138 Å². The number of carbonyl (C=O) groups excluding carboxylic acids is 1. The Morgan fingerprint density at radius 2 is 2.17 bits per heavy atom. The van der Waals surface area contributed by atoms with Crippen molar-refractivity contribution in [1.29, 1.82) is 0 Å². The molecule has 0 fully saturated rings. The van der Waals surface area contributed by atoms with E-state index in [0.29, 0.717) is 26.2 Å². The highest BCUT2D eigenvalue weighted by Crippen LogP contribution is 2.17. The number of halogens is 2. The molecule has 0 radical (unpaired) electrons. The fraction of sp³-hybridized carbons (Fsp3) is 0.375. The first-order valence-corrected chi connectivity index (χ1v) is 7.57. The highest BCUT2D eigenvalue weighted by Gasteiger charge is 2.10. The van der Waals surface area contributed by atoms with Crippen LogP contribution in [0.1, 0.15) is 23.8 Å². The smallest absolute Gasteiger partial charge is 0.271 e. The van der Waals surface area contributed by atoms with E-state index in [4.69, 9.17) is 9.47 Å². The fourth-order valence-corrected chi connectivity index (χ4v) is 1.89. The molecule has 0 unspecified atom stereocenters. The van der Waals surface area contributed by atoms with Gasteiger partial charge in [0.05, 0.1) is 0 Å². The predicted octanol–water partition coefficient (Wildman–Crippen LogP) is 2.35. The van der Waals surface area contributed by atoms with Gasteiger partial charge in [-0.05, 0) is 31.5 Å². The monoisotopic (exact) mass is 339 g/mol. The first-order valence-electron chi connectivity index (χ1n) is 7.57. The van der Waals surface area contributed by atoms with E-state index < -0.39 is 11.6 Å². The van der Waals surface area contributed by atoms with E-state index in [2.05, 4.69) is 10.4 Å². The summed E-state index contributed by atoms with van der Waals surface area (Å²) in [7, 11) is 0. The molecule has 1 heterocycles. The Balaban J connectivity index is 1.81. The normalized spacial score (nSPS) is 10.6. The van der Waals surface area contributed by atoms with Crippen LogP contribution in [0.15, 0.2) is 30.5 Å². The summed E-state index contributed by atoms with van der Waals surface area (Å²) < 4.78 is 38.0. The van der Waals surface area contributed by atoms with E-state index in [-0.39, 0.29) is 24.1 Å². The van der Waals surface area contributed by atoms with Crippen LogP contribution < -0.4 is 10.1 Å². The molecule has 0 aliphatic carbocycles. The molecule has 1 N–H and O–H groups in total. The molecule has 0 aliphatic rings. The Morgan fingerprint density at radius 3 is 2.92 bits per heavy atom. The zero-order valence-electron chi connectivity index (χ0n) is 13.3. The summed E-state index contributed by atoms with van der Waals surface area (Å²) >= 11 is 0. The standard InChI is InChI=1S/C16H19F2N3O3/c1-2-23-9-3-7-19-16(22)14-6-8-21(20-14)11-24-15-5-4-12(17)10-13(15)18/h4-6,8,10H,2-3,7,9,11H2,1H3,(H,19,22). The lowest BCUT2D eigenvalue weighted by Crippen LogP contribution is -2.26. The van der Waals surface area contributed by atoms with Gasteiger partial charge in [0.25, 0.3) is 5.91 Å². The van der Waals surface area contributed by atoms with Gasteiger partial charge in [-0.1, -0.05) is 0 Å². The summed E-state index contributed by atoms with van der Waals surface area (Å²) in [6, 6.07) is 4.56. The Morgan fingerprint density at radius 1 is 1.33 bits per heavy atom. The molecular weight excluding hydrogens is 320 g/mol. The van der Waals surface area contributed by atoms with E-state index in [1.54, 1.807) is 0 Å². The number of benzene rings is 1. The first kappa shape index (κ1) is 17.9. The van der Waals surface area contributed by atoms with Crippen LogP contribution in [-0.4, -0.2) is 35.4 Å². The summed E-state index contributed by atoms with van der Waals surface area (Å²) in [5, 5.41) is 6.76. The zero-order chi connectivity index (χ0) is 17.4. The summed E-state index contributed by atoms with van der Waals surface area (Å²) in [6.45, 7) is 3.53. The van der Waals surface area contributed by atoms with Crippen LogP contribution in [-0.2, 0) is 11.5 Å². The third-order valence-electron chi connectivity index (χ3n) is 3.07. The molecule has 1 amide bonds. The molecule has 8 heteroatoms. The Hall–Kier alpha value is -2.48. The van der Waals surface area contributed by atoms with Gasteiger partial charge in [-0.15, -0.1) is 0 Å². The third kappa shape index (κ3) is 5.31. The van der Waals surface area contributed by atoms with Gasteiger partial charge in [0.1, 0.15) is 11.5 Å². The number of nitrogens with zero attached hydrogens (tertiary/aromatic N) is 2. The van der Waals surface area contributed by atoms with Gasteiger partial charge >= 0.3 is 0 Å². The SMILES string of the molecule is CCOCCCNC(=O)c1ccn(COc2ccc(F)cc2F)n1. The van der Waals surface area contributed by atoms with Crippen LogP contribution in [0.4, 0.5) is 8.78 Å². The third-order valence-corrected chi connectivity index (χ3v) is 3.07. The van der Waals surface area contributed by atoms with E-state index in [1.165, 1.54) is 23.0 Å². The van der Waals surface area contributed by atoms with Gasteiger partial charge in [-0.25, -0.2) is 13.5 Å². The average molecular weight is 339 g/mol. The summed E-state index contributed by atoms with van der Waals surface area (Å²) in [5.41, 5.74) is 0.231. The van der Waals surface area contributed by atoms with Crippen LogP contribution in [0.5, 0.6) is 5.75 Å². The number of hydrogen-bond acceptors (Lipinski definition) is 4. The topological polar surface area (TPSA) is 65.4 Å². The van der Waals surface area contributed by atoms with Crippen LogP contribution in [0.2, 0.25) is 0 Å². The van der Waals surface area contributed by atoms with Crippen molar-refractivity contribution >= 4 is 5.91 Å². The number of nitrogens with one attached hydrogen (secondary N) is 1. The molecule has 0 saturated carbocycles. The second-order valence-electron chi connectivity index (χ2n) is 4.90. The summed E-state index contributed by atoms with van der Waals surface area (Å²) in [6.07, 6.45) is 2.25. The van der Waals surface area contributed by atoms with Crippen molar-refractivity contribution < 1.29 is 23.0 Å². The van der Waals surface area contributed by atoms with E-state index in [1.807, 2.05) is 6.92 Å². The lowest BCUT2D eigenvalue weighted by molar-refractivity contribution is 0.0937. The van der Waals surface area contributed by atoms with E-state index in [0.717, 1.165) is 12.1 Å². The highest BCUT2D eigenvalue weighted by atomic mass is 19.1. The van der Waals surface area contributed by atoms with Crippen LogP contribution in [0.25, 0.3) is 0 Å². The lowest BCUT2D eigenvalue weighted by atomic mass is 10.3. The number of aromatic nitrogens is 2. The maximum Gasteiger partial charge on any atom is 0.271 e. The molecule has 1 aromatic carbocycles. The van der Waals surface area contributed by atoms with Crippen molar-refractivity contribution in [2.24, 2.45) is 0 Å². The van der Waals surface area contributed by atoms with Crippen LogP contribution in [0, 0.1) is 11.6 Å². The van der Waals surface area contributed by atoms with Crippen molar-refractivity contribution in [3.63, 3.8) is 0 Å². The number of hydrogen-bond donors (Lipinski definition) is 1. The van der Waals surface area contributed by atoms with Gasteiger partial charge in [0.2, 0.25) is 0 Å². The molecule has 1 aromatic heterocycles. The van der Waals surface area contributed by atoms with Crippen molar-refractivity contribution in [3.05, 3.63) is 47.8 Å². The van der Waals surface area contributed by atoms with Crippen molar-refractivity contribution in [1.82, 2.24) is 15.1 Å². The maximum atomic E-state index is 13.4. The minimum absolute atomic E-state index is 0.0891. The van der Waals surface area contributed by atoms with Gasteiger partial charge in [0.15, 0.2) is 18.3 Å². The molecule has 24 heavy (non-hydrogen) atoms. The largest absolute Gasteiger partial charge is 0.468 e. The van der Waals surface area contributed by atoms with Crippen molar-refractivity contribution in [3.8, 4) is 5.75 Å². The first-order chi connectivity index (χ1) is 11.6. The van der Waals surface area contributed by atoms with E-state index >= 15 is 0 Å². The molecular formula is C16H19F2N3O3. The molecule has 0 atom stereocenters. The highest BCUT2D eigenvalue weighted by molar-refractivity contribution is 5.92. The minimum atomic E-state index is -0.797. The molecule has 2 rings (SSSR count). The number of carbonyl (C=O) groups is 1. The summed E-state index contributed by atoms with van der Waals surface area (Å²) in [4.78, 5) is 11.9. The number of amides is 1. The molecule has 6 nitrogen and oxygen atoms in total. The van der Waals surface area contributed by atoms with Gasteiger partial charge in [-0.3, -0.25) is 4.79 Å².